The van der Waals surface area contributed by atoms with Crippen LogP contribution in [0.3, 0.4) is 0 Å². The zero-order valence-corrected chi connectivity index (χ0v) is 10.9. The maximum atomic E-state index is 13.8. The fraction of sp³-hybridized carbons (Fsp3) is 0.538. The molecule has 0 saturated carbocycles. The maximum Gasteiger partial charge on any atom is 0.176 e. The van der Waals surface area contributed by atoms with Gasteiger partial charge in [-0.3, -0.25) is 0 Å². The van der Waals surface area contributed by atoms with E-state index in [9.17, 15) is 8.78 Å². The highest BCUT2D eigenvalue weighted by atomic mass is 19.1. The Morgan fingerprint density at radius 2 is 1.89 bits per heavy atom. The van der Waals surface area contributed by atoms with Gasteiger partial charge in [-0.05, 0) is 19.0 Å². The van der Waals surface area contributed by atoms with E-state index in [0.717, 1.165) is 12.5 Å². The first kappa shape index (κ1) is 15.0. The molecule has 102 valence electrons. The van der Waals surface area contributed by atoms with Crippen molar-refractivity contribution in [1.82, 2.24) is 5.32 Å². The minimum absolute atomic E-state index is 0.332. The topological polar surface area (TPSA) is 30.5 Å². The van der Waals surface area contributed by atoms with Crippen LogP contribution in [-0.4, -0.2) is 27.1 Å². The fourth-order valence-electron chi connectivity index (χ4n) is 1.77. The van der Waals surface area contributed by atoms with Crippen molar-refractivity contribution in [3.8, 4) is 0 Å². The first-order chi connectivity index (χ1) is 8.63. The molecule has 0 aliphatic rings. The van der Waals surface area contributed by atoms with Gasteiger partial charge < -0.3 is 14.8 Å². The minimum Gasteiger partial charge on any atom is -0.354 e. The number of hydrogen-bond acceptors (Lipinski definition) is 3. The largest absolute Gasteiger partial charge is 0.354 e. The fourth-order valence-corrected chi connectivity index (χ4v) is 1.77. The van der Waals surface area contributed by atoms with E-state index in [-0.39, 0.29) is 0 Å². The van der Waals surface area contributed by atoms with E-state index in [2.05, 4.69) is 5.32 Å². The van der Waals surface area contributed by atoms with Crippen molar-refractivity contribution in [3.63, 3.8) is 0 Å². The second kappa shape index (κ2) is 7.41. The van der Waals surface area contributed by atoms with Crippen molar-refractivity contribution >= 4 is 0 Å². The number of methoxy groups -OCH3 is 2. The number of halogens is 2. The number of ether oxygens (including phenoxy) is 2. The Balaban J connectivity index is 3.00. The van der Waals surface area contributed by atoms with Crippen LogP contribution < -0.4 is 5.32 Å². The van der Waals surface area contributed by atoms with Gasteiger partial charge in [-0.1, -0.05) is 13.0 Å². The molecular weight excluding hydrogens is 240 g/mol. The Kier molecular flexibility index (Phi) is 6.18. The lowest BCUT2D eigenvalue weighted by Gasteiger charge is -2.26. The predicted molar refractivity (Wildman–Crippen MR) is 65.2 cm³/mol. The Hall–Kier alpha value is -1.04. The van der Waals surface area contributed by atoms with Gasteiger partial charge in [-0.15, -0.1) is 0 Å². The molecule has 0 aromatic heterocycles. The highest BCUT2D eigenvalue weighted by molar-refractivity contribution is 5.22. The average molecular weight is 259 g/mol. The van der Waals surface area contributed by atoms with Crippen molar-refractivity contribution in [2.75, 3.05) is 20.8 Å². The highest BCUT2D eigenvalue weighted by Gasteiger charge is 2.25. The standard InChI is InChI=1S/C13H19F2NO2/c1-4-7-16-12(13(17-2)18-3)10-6-5-9(14)8-11(10)15/h5-6,8,12-13,16H,4,7H2,1-3H3. The van der Waals surface area contributed by atoms with Crippen LogP contribution in [0.2, 0.25) is 0 Å². The van der Waals surface area contributed by atoms with E-state index in [4.69, 9.17) is 9.47 Å². The summed E-state index contributed by atoms with van der Waals surface area (Å²) < 4.78 is 37.0. The molecule has 1 unspecified atom stereocenters. The number of nitrogens with one attached hydrogen (secondary N) is 1. The van der Waals surface area contributed by atoms with Crippen molar-refractivity contribution in [2.45, 2.75) is 25.7 Å². The van der Waals surface area contributed by atoms with Crippen LogP contribution in [0.4, 0.5) is 8.78 Å². The zero-order chi connectivity index (χ0) is 13.5. The molecule has 0 aliphatic carbocycles. The first-order valence-corrected chi connectivity index (χ1v) is 5.88. The van der Waals surface area contributed by atoms with Gasteiger partial charge in [0.05, 0.1) is 6.04 Å². The minimum atomic E-state index is -0.628. The van der Waals surface area contributed by atoms with Crippen LogP contribution in [-0.2, 0) is 9.47 Å². The summed E-state index contributed by atoms with van der Waals surface area (Å²) in [5, 5.41) is 3.14. The summed E-state index contributed by atoms with van der Waals surface area (Å²) in [5.74, 6) is -1.21. The van der Waals surface area contributed by atoms with E-state index >= 15 is 0 Å². The highest BCUT2D eigenvalue weighted by Crippen LogP contribution is 2.23. The second-order valence-corrected chi connectivity index (χ2v) is 3.94. The normalized spacial score (nSPS) is 13.0. The van der Waals surface area contributed by atoms with E-state index in [1.54, 1.807) is 0 Å². The van der Waals surface area contributed by atoms with Gasteiger partial charge in [-0.25, -0.2) is 8.78 Å². The van der Waals surface area contributed by atoms with E-state index in [1.807, 2.05) is 6.92 Å². The molecule has 18 heavy (non-hydrogen) atoms. The third-order valence-corrected chi connectivity index (χ3v) is 2.65. The third-order valence-electron chi connectivity index (χ3n) is 2.65. The third kappa shape index (κ3) is 3.73. The van der Waals surface area contributed by atoms with Gasteiger partial charge in [0.2, 0.25) is 0 Å². The zero-order valence-electron chi connectivity index (χ0n) is 10.9. The predicted octanol–water partition coefficient (Wildman–Crippen LogP) is 2.62. The van der Waals surface area contributed by atoms with Crippen LogP contribution in [0.15, 0.2) is 18.2 Å². The second-order valence-electron chi connectivity index (χ2n) is 3.94. The number of hydrogen-bond donors (Lipinski definition) is 1. The smallest absolute Gasteiger partial charge is 0.176 e. The van der Waals surface area contributed by atoms with E-state index < -0.39 is 24.0 Å². The molecule has 1 atom stereocenters. The number of rotatable bonds is 7. The van der Waals surface area contributed by atoms with Crippen LogP contribution in [0.25, 0.3) is 0 Å². The Morgan fingerprint density at radius 3 is 2.39 bits per heavy atom. The SMILES string of the molecule is CCCNC(c1ccc(F)cc1F)C(OC)OC. The van der Waals surface area contributed by atoms with Gasteiger partial charge in [0.1, 0.15) is 11.6 Å². The molecule has 0 spiro atoms. The quantitative estimate of drug-likeness (QED) is 0.764. The van der Waals surface area contributed by atoms with Gasteiger partial charge in [-0.2, -0.15) is 0 Å². The molecule has 1 aromatic carbocycles. The van der Waals surface area contributed by atoms with Crippen LogP contribution >= 0.6 is 0 Å². The lowest BCUT2D eigenvalue weighted by atomic mass is 10.1. The summed E-state index contributed by atoms with van der Waals surface area (Å²) >= 11 is 0. The molecule has 0 amide bonds. The molecule has 0 radical (unpaired) electrons. The average Bonchev–Trinajstić information content (AvgIpc) is 2.35. The Labute approximate surface area is 106 Å². The van der Waals surface area contributed by atoms with Gasteiger partial charge >= 0.3 is 0 Å². The number of benzene rings is 1. The summed E-state index contributed by atoms with van der Waals surface area (Å²) in [7, 11) is 2.96. The van der Waals surface area contributed by atoms with Crippen molar-refractivity contribution in [2.24, 2.45) is 0 Å². The van der Waals surface area contributed by atoms with Crippen LogP contribution in [0.5, 0.6) is 0 Å². The molecule has 0 heterocycles. The molecule has 1 rings (SSSR count). The van der Waals surface area contributed by atoms with Gasteiger partial charge in [0.25, 0.3) is 0 Å². The summed E-state index contributed by atoms with van der Waals surface area (Å²) in [5.41, 5.74) is 0.332. The van der Waals surface area contributed by atoms with Crippen LogP contribution in [0.1, 0.15) is 24.9 Å². The lowest BCUT2D eigenvalue weighted by molar-refractivity contribution is -0.124. The molecule has 0 bridgehead atoms. The molecule has 1 aromatic rings. The van der Waals surface area contributed by atoms with E-state index in [1.165, 1.54) is 26.4 Å². The Morgan fingerprint density at radius 1 is 1.22 bits per heavy atom. The summed E-state index contributed by atoms with van der Waals surface area (Å²) in [6.07, 6.45) is 0.260. The Bertz CT molecular complexity index is 370. The van der Waals surface area contributed by atoms with Gasteiger partial charge in [0.15, 0.2) is 6.29 Å². The molecule has 5 heteroatoms. The van der Waals surface area contributed by atoms with Crippen LogP contribution in [0, 0.1) is 11.6 Å². The molecule has 0 aliphatic heterocycles. The molecular formula is C13H19F2NO2. The molecule has 0 fully saturated rings. The molecule has 3 nitrogen and oxygen atoms in total. The molecule has 1 N–H and O–H groups in total. The summed E-state index contributed by atoms with van der Waals surface area (Å²) in [4.78, 5) is 0. The van der Waals surface area contributed by atoms with Crippen molar-refractivity contribution in [3.05, 3.63) is 35.4 Å². The van der Waals surface area contributed by atoms with Gasteiger partial charge in [0, 0.05) is 25.8 Å². The monoisotopic (exact) mass is 259 g/mol. The maximum absolute atomic E-state index is 13.8. The lowest BCUT2D eigenvalue weighted by Crippen LogP contribution is -2.35. The summed E-state index contributed by atoms with van der Waals surface area (Å²) in [6.45, 7) is 2.68. The van der Waals surface area contributed by atoms with Crippen molar-refractivity contribution < 1.29 is 18.3 Å². The van der Waals surface area contributed by atoms with E-state index in [0.29, 0.717) is 12.1 Å². The summed E-state index contributed by atoms with van der Waals surface area (Å²) in [6, 6.07) is 3.02. The van der Waals surface area contributed by atoms with Crippen molar-refractivity contribution in [1.29, 1.82) is 0 Å². The molecule has 0 saturated heterocycles. The first-order valence-electron chi connectivity index (χ1n) is 5.88.